The summed E-state index contributed by atoms with van der Waals surface area (Å²) in [6, 6.07) is 13.5. The predicted molar refractivity (Wildman–Crippen MR) is 112 cm³/mol. The van der Waals surface area contributed by atoms with Crippen molar-refractivity contribution < 1.29 is 18.4 Å². The minimum Gasteiger partial charge on any atom is -0.371 e. The van der Waals surface area contributed by atoms with Gasteiger partial charge in [-0.05, 0) is 54.8 Å². The highest BCUT2D eigenvalue weighted by Crippen LogP contribution is 2.26. The number of hydroxylamine groups is 1. The largest absolute Gasteiger partial charge is 0.371 e. The normalized spacial score (nSPS) is 15.6. The van der Waals surface area contributed by atoms with E-state index in [1.807, 2.05) is 24.3 Å². The van der Waals surface area contributed by atoms with E-state index < -0.39 is 15.9 Å². The van der Waals surface area contributed by atoms with E-state index >= 15 is 0 Å². The summed E-state index contributed by atoms with van der Waals surface area (Å²) in [7, 11) is -3.59. The molecule has 0 radical (unpaired) electrons. The summed E-state index contributed by atoms with van der Waals surface area (Å²) in [6.45, 7) is 1.34. The minimum absolute atomic E-state index is 0.158. The number of rotatable bonds is 6. The second-order valence-corrected chi connectivity index (χ2v) is 8.86. The Labute approximate surface area is 175 Å². The van der Waals surface area contributed by atoms with E-state index in [1.54, 1.807) is 23.7 Å². The fraction of sp³-hybridized carbons (Fsp3) is 0.250. The molecule has 1 heterocycles. The van der Waals surface area contributed by atoms with E-state index in [0.717, 1.165) is 11.3 Å². The van der Waals surface area contributed by atoms with E-state index in [9.17, 15) is 13.2 Å². The monoisotopic (exact) mass is 435 g/mol. The molecular weight excluding hydrogens is 414 g/mol. The number of carbonyl (C=O) groups is 1. The smallest absolute Gasteiger partial charge is 0.267 e. The molecule has 0 bridgehead atoms. The summed E-state index contributed by atoms with van der Waals surface area (Å²) < 4.78 is 27.9. The number of hydrogen-bond acceptors (Lipinski definition) is 5. The standard InChI is InChI=1S/C20H22ClN3O4S/c21-16-6-8-18(9-7-16)29(27,28)23-17-11-13-24(14-12-17)19-4-2-1-3-15(19)5-10-20(25)22-26/h1-10,17,23,26H,11-14H2,(H,22,25)/b10-5+. The Balaban J connectivity index is 1.65. The van der Waals surface area contributed by atoms with Crippen LogP contribution in [0.25, 0.3) is 6.08 Å². The maximum Gasteiger partial charge on any atom is 0.267 e. The van der Waals surface area contributed by atoms with Gasteiger partial charge in [-0.3, -0.25) is 10.0 Å². The highest BCUT2D eigenvalue weighted by atomic mass is 35.5. The third-order valence-corrected chi connectivity index (χ3v) is 6.53. The Hall–Kier alpha value is -2.39. The van der Waals surface area contributed by atoms with Crippen molar-refractivity contribution in [1.29, 1.82) is 0 Å². The van der Waals surface area contributed by atoms with Crippen molar-refractivity contribution in [2.75, 3.05) is 18.0 Å². The fourth-order valence-electron chi connectivity index (χ4n) is 3.26. The molecule has 3 N–H and O–H groups in total. The van der Waals surface area contributed by atoms with E-state index in [1.165, 1.54) is 18.2 Å². The molecular formula is C20H22ClN3O4S. The summed E-state index contributed by atoms with van der Waals surface area (Å²) in [5, 5.41) is 9.11. The van der Waals surface area contributed by atoms with Gasteiger partial charge in [-0.15, -0.1) is 0 Å². The van der Waals surface area contributed by atoms with Gasteiger partial charge in [0.15, 0.2) is 0 Å². The van der Waals surface area contributed by atoms with Gasteiger partial charge in [-0.25, -0.2) is 18.6 Å². The Morgan fingerprint density at radius 2 is 1.76 bits per heavy atom. The molecule has 1 fully saturated rings. The molecule has 0 atom stereocenters. The number of para-hydroxylation sites is 1. The summed E-state index contributed by atoms with van der Waals surface area (Å²) >= 11 is 5.83. The maximum absolute atomic E-state index is 12.6. The third kappa shape index (κ3) is 5.57. The van der Waals surface area contributed by atoms with Gasteiger partial charge in [0.05, 0.1) is 4.90 Å². The highest BCUT2D eigenvalue weighted by Gasteiger charge is 2.25. The van der Waals surface area contributed by atoms with Crippen molar-refractivity contribution in [1.82, 2.24) is 10.2 Å². The van der Waals surface area contributed by atoms with E-state index in [0.29, 0.717) is 31.0 Å². The Morgan fingerprint density at radius 1 is 1.10 bits per heavy atom. The summed E-state index contributed by atoms with van der Waals surface area (Å²) in [5.41, 5.74) is 3.36. The lowest BCUT2D eigenvalue weighted by Gasteiger charge is -2.34. The van der Waals surface area contributed by atoms with Crippen molar-refractivity contribution in [2.45, 2.75) is 23.8 Å². The van der Waals surface area contributed by atoms with Crippen LogP contribution in [-0.4, -0.2) is 38.7 Å². The topological polar surface area (TPSA) is 98.7 Å². The molecule has 29 heavy (non-hydrogen) atoms. The van der Waals surface area contributed by atoms with Crippen molar-refractivity contribution in [3.8, 4) is 0 Å². The average molecular weight is 436 g/mol. The van der Waals surface area contributed by atoms with Crippen LogP contribution < -0.4 is 15.1 Å². The Kier molecular flexibility index (Phi) is 6.92. The number of sulfonamides is 1. The lowest BCUT2D eigenvalue weighted by molar-refractivity contribution is -0.124. The molecule has 0 aliphatic carbocycles. The second kappa shape index (κ2) is 9.41. The number of anilines is 1. The number of carbonyl (C=O) groups excluding carboxylic acids is 1. The van der Waals surface area contributed by atoms with Crippen LogP contribution >= 0.6 is 11.6 Å². The van der Waals surface area contributed by atoms with Crippen LogP contribution in [0.2, 0.25) is 5.02 Å². The number of nitrogens with zero attached hydrogens (tertiary/aromatic N) is 1. The third-order valence-electron chi connectivity index (χ3n) is 4.74. The highest BCUT2D eigenvalue weighted by molar-refractivity contribution is 7.89. The minimum atomic E-state index is -3.59. The van der Waals surface area contributed by atoms with Gasteiger partial charge in [0, 0.05) is 35.9 Å². The van der Waals surface area contributed by atoms with Crippen molar-refractivity contribution in [2.24, 2.45) is 0 Å². The predicted octanol–water partition coefficient (Wildman–Crippen LogP) is 2.81. The molecule has 1 aliphatic heterocycles. The molecule has 154 valence electrons. The first kappa shape index (κ1) is 21.3. The van der Waals surface area contributed by atoms with Crippen molar-refractivity contribution >= 4 is 39.3 Å². The second-order valence-electron chi connectivity index (χ2n) is 6.70. The van der Waals surface area contributed by atoms with Crippen LogP contribution in [0.5, 0.6) is 0 Å². The quantitative estimate of drug-likeness (QED) is 0.368. The zero-order valence-corrected chi connectivity index (χ0v) is 17.2. The first-order chi connectivity index (χ1) is 13.9. The van der Waals surface area contributed by atoms with E-state index in [4.69, 9.17) is 16.8 Å². The fourth-order valence-corrected chi connectivity index (χ4v) is 4.69. The van der Waals surface area contributed by atoms with Crippen LogP contribution in [0.15, 0.2) is 59.5 Å². The molecule has 2 aromatic rings. The molecule has 0 unspecified atom stereocenters. The lowest BCUT2D eigenvalue weighted by Crippen LogP contribution is -2.44. The van der Waals surface area contributed by atoms with Crippen LogP contribution in [0.4, 0.5) is 5.69 Å². The summed E-state index contributed by atoms with van der Waals surface area (Å²) in [5.74, 6) is -0.602. The van der Waals surface area contributed by atoms with E-state index in [2.05, 4.69) is 9.62 Å². The zero-order valence-electron chi connectivity index (χ0n) is 15.6. The average Bonchev–Trinajstić information content (AvgIpc) is 2.73. The van der Waals surface area contributed by atoms with Gasteiger partial charge < -0.3 is 4.90 Å². The SMILES string of the molecule is O=C(/C=C/c1ccccc1N1CCC(NS(=O)(=O)c2ccc(Cl)cc2)CC1)NO. The van der Waals surface area contributed by atoms with Gasteiger partial charge in [0.1, 0.15) is 0 Å². The molecule has 0 aromatic heterocycles. The molecule has 1 aliphatic rings. The van der Waals surface area contributed by atoms with Gasteiger partial charge >= 0.3 is 0 Å². The number of halogens is 1. The lowest BCUT2D eigenvalue weighted by atomic mass is 10.0. The molecule has 3 rings (SSSR count). The van der Waals surface area contributed by atoms with Gasteiger partial charge in [0.2, 0.25) is 10.0 Å². The van der Waals surface area contributed by atoms with Gasteiger partial charge in [-0.1, -0.05) is 29.8 Å². The number of hydrogen-bond donors (Lipinski definition) is 3. The van der Waals surface area contributed by atoms with Crippen LogP contribution in [-0.2, 0) is 14.8 Å². The summed E-state index contributed by atoms with van der Waals surface area (Å²) in [4.78, 5) is 13.6. The van der Waals surface area contributed by atoms with Gasteiger partial charge in [-0.2, -0.15) is 0 Å². The Bertz CT molecular complexity index is 985. The Morgan fingerprint density at radius 3 is 2.41 bits per heavy atom. The maximum atomic E-state index is 12.6. The molecule has 1 amide bonds. The summed E-state index contributed by atoms with van der Waals surface area (Å²) in [6.07, 6.45) is 4.20. The van der Waals surface area contributed by atoms with Crippen LogP contribution in [0.3, 0.4) is 0 Å². The zero-order chi connectivity index (χ0) is 20.9. The number of benzene rings is 2. The van der Waals surface area contributed by atoms with Crippen LogP contribution in [0, 0.1) is 0 Å². The van der Waals surface area contributed by atoms with Crippen molar-refractivity contribution in [3.63, 3.8) is 0 Å². The number of piperidine rings is 1. The van der Waals surface area contributed by atoms with E-state index in [-0.39, 0.29) is 10.9 Å². The van der Waals surface area contributed by atoms with Crippen molar-refractivity contribution in [3.05, 3.63) is 65.2 Å². The van der Waals surface area contributed by atoms with Gasteiger partial charge in [0.25, 0.3) is 5.91 Å². The first-order valence-electron chi connectivity index (χ1n) is 9.13. The molecule has 1 saturated heterocycles. The molecule has 2 aromatic carbocycles. The molecule has 9 heteroatoms. The molecule has 0 saturated carbocycles. The molecule has 0 spiro atoms. The number of amides is 1. The van der Waals surface area contributed by atoms with Crippen LogP contribution in [0.1, 0.15) is 18.4 Å². The number of nitrogens with one attached hydrogen (secondary N) is 2. The first-order valence-corrected chi connectivity index (χ1v) is 11.0. The molecule has 7 nitrogen and oxygen atoms in total.